The average Bonchev–Trinajstić information content (AvgIpc) is 2.46. The van der Waals surface area contributed by atoms with Crippen molar-refractivity contribution < 1.29 is 14.3 Å². The van der Waals surface area contributed by atoms with Crippen LogP contribution in [-0.4, -0.2) is 18.4 Å². The molecule has 2 aromatic rings. The number of aromatic nitrogens is 1. The van der Waals surface area contributed by atoms with Gasteiger partial charge in [0.1, 0.15) is 18.1 Å². The van der Waals surface area contributed by atoms with E-state index >= 15 is 0 Å². The Morgan fingerprint density at radius 2 is 2.17 bits per heavy atom. The Hall–Kier alpha value is -2.36. The summed E-state index contributed by atoms with van der Waals surface area (Å²) in [5.41, 5.74) is 1.27. The van der Waals surface area contributed by atoms with Crippen LogP contribution >= 0.6 is 0 Å². The molecule has 0 unspecified atom stereocenters. The molecule has 4 heteroatoms. The molecule has 4 nitrogen and oxygen atoms in total. The molecule has 0 aliphatic carbocycles. The molecule has 0 amide bonds. The number of aldehydes is 1. The first-order chi connectivity index (χ1) is 8.83. The maximum Gasteiger partial charge on any atom is 0.153 e. The standard InChI is InChI=1S/C14H13NO3/c1-17-13-5-6-14(11(8-13)9-16)18-10-12-4-2-3-7-15-12/h2-9H,10H2,1H3. The molecule has 0 N–H and O–H groups in total. The van der Waals surface area contributed by atoms with Crippen LogP contribution in [0.4, 0.5) is 0 Å². The Bertz CT molecular complexity index is 526. The van der Waals surface area contributed by atoms with Gasteiger partial charge in [0.05, 0.1) is 18.4 Å². The van der Waals surface area contributed by atoms with Gasteiger partial charge < -0.3 is 9.47 Å². The molecule has 0 saturated carbocycles. The van der Waals surface area contributed by atoms with Gasteiger partial charge in [-0.2, -0.15) is 0 Å². The number of hydrogen-bond donors (Lipinski definition) is 0. The number of methoxy groups -OCH3 is 1. The van der Waals surface area contributed by atoms with Gasteiger partial charge in [0, 0.05) is 6.20 Å². The Morgan fingerprint density at radius 3 is 2.83 bits per heavy atom. The summed E-state index contributed by atoms with van der Waals surface area (Å²) >= 11 is 0. The number of carbonyl (C=O) groups is 1. The Morgan fingerprint density at radius 1 is 1.28 bits per heavy atom. The molecule has 0 aliphatic heterocycles. The van der Waals surface area contributed by atoms with E-state index < -0.39 is 0 Å². The predicted octanol–water partition coefficient (Wildman–Crippen LogP) is 2.48. The van der Waals surface area contributed by atoms with E-state index in [1.54, 1.807) is 31.5 Å². The van der Waals surface area contributed by atoms with Crippen molar-refractivity contribution in [3.05, 3.63) is 53.9 Å². The third-order valence-electron chi connectivity index (χ3n) is 2.45. The number of ether oxygens (including phenoxy) is 2. The number of nitrogens with zero attached hydrogens (tertiary/aromatic N) is 1. The van der Waals surface area contributed by atoms with Crippen molar-refractivity contribution in [2.75, 3.05) is 7.11 Å². The second-order valence-corrected chi connectivity index (χ2v) is 3.63. The van der Waals surface area contributed by atoms with E-state index in [2.05, 4.69) is 4.98 Å². The Balaban J connectivity index is 2.12. The minimum absolute atomic E-state index is 0.327. The monoisotopic (exact) mass is 243 g/mol. The van der Waals surface area contributed by atoms with Crippen LogP contribution in [0.3, 0.4) is 0 Å². The number of rotatable bonds is 5. The van der Waals surface area contributed by atoms with Gasteiger partial charge in [0.2, 0.25) is 0 Å². The maximum atomic E-state index is 11.0. The zero-order chi connectivity index (χ0) is 12.8. The molecule has 2 rings (SSSR count). The summed E-state index contributed by atoms with van der Waals surface area (Å²) in [6.07, 6.45) is 2.45. The van der Waals surface area contributed by atoms with Gasteiger partial charge >= 0.3 is 0 Å². The molecule has 0 radical (unpaired) electrons. The van der Waals surface area contributed by atoms with Crippen LogP contribution in [0.2, 0.25) is 0 Å². The number of pyridine rings is 1. The molecule has 0 atom stereocenters. The van der Waals surface area contributed by atoms with Crippen LogP contribution in [0.25, 0.3) is 0 Å². The normalized spacial score (nSPS) is 9.83. The molecule has 18 heavy (non-hydrogen) atoms. The maximum absolute atomic E-state index is 11.0. The van der Waals surface area contributed by atoms with Crippen molar-refractivity contribution in [3.8, 4) is 11.5 Å². The quantitative estimate of drug-likeness (QED) is 0.757. The summed E-state index contributed by atoms with van der Waals surface area (Å²) in [4.78, 5) is 15.1. The zero-order valence-corrected chi connectivity index (χ0v) is 10.00. The third kappa shape index (κ3) is 2.85. The minimum Gasteiger partial charge on any atom is -0.497 e. The highest BCUT2D eigenvalue weighted by molar-refractivity contribution is 5.80. The minimum atomic E-state index is 0.327. The zero-order valence-electron chi connectivity index (χ0n) is 10.00. The van der Waals surface area contributed by atoms with Crippen LogP contribution in [0.15, 0.2) is 42.6 Å². The summed E-state index contributed by atoms with van der Waals surface area (Å²) in [5.74, 6) is 1.15. The van der Waals surface area contributed by atoms with E-state index in [1.807, 2.05) is 18.2 Å². The molecule has 0 spiro atoms. The lowest BCUT2D eigenvalue weighted by Crippen LogP contribution is -2.00. The first kappa shape index (κ1) is 12.1. The van der Waals surface area contributed by atoms with Gasteiger partial charge in [-0.15, -0.1) is 0 Å². The van der Waals surface area contributed by atoms with E-state index in [4.69, 9.17) is 9.47 Å². The molecular formula is C14H13NO3. The SMILES string of the molecule is COc1ccc(OCc2ccccn2)c(C=O)c1. The van der Waals surface area contributed by atoms with Crippen molar-refractivity contribution >= 4 is 6.29 Å². The van der Waals surface area contributed by atoms with E-state index in [0.717, 1.165) is 12.0 Å². The molecule has 1 aromatic carbocycles. The van der Waals surface area contributed by atoms with E-state index in [1.165, 1.54) is 0 Å². The fourth-order valence-corrected chi connectivity index (χ4v) is 1.51. The van der Waals surface area contributed by atoms with Crippen molar-refractivity contribution in [2.45, 2.75) is 6.61 Å². The molecule has 0 aliphatic rings. The van der Waals surface area contributed by atoms with Crippen LogP contribution < -0.4 is 9.47 Å². The highest BCUT2D eigenvalue weighted by atomic mass is 16.5. The van der Waals surface area contributed by atoms with Gasteiger partial charge in [0.25, 0.3) is 0 Å². The van der Waals surface area contributed by atoms with E-state index in [9.17, 15) is 4.79 Å². The first-order valence-electron chi connectivity index (χ1n) is 5.49. The fraction of sp³-hybridized carbons (Fsp3) is 0.143. The number of carbonyl (C=O) groups excluding carboxylic acids is 1. The number of hydrogen-bond acceptors (Lipinski definition) is 4. The highest BCUT2D eigenvalue weighted by Crippen LogP contribution is 2.23. The highest BCUT2D eigenvalue weighted by Gasteiger charge is 2.05. The molecule has 0 saturated heterocycles. The fourth-order valence-electron chi connectivity index (χ4n) is 1.51. The lowest BCUT2D eigenvalue weighted by atomic mass is 10.2. The molecule has 1 aromatic heterocycles. The van der Waals surface area contributed by atoms with E-state index in [0.29, 0.717) is 23.7 Å². The van der Waals surface area contributed by atoms with E-state index in [-0.39, 0.29) is 0 Å². The Labute approximate surface area is 105 Å². The van der Waals surface area contributed by atoms with Crippen LogP contribution in [0, 0.1) is 0 Å². The summed E-state index contributed by atoms with van der Waals surface area (Å²) in [6, 6.07) is 10.7. The third-order valence-corrected chi connectivity index (χ3v) is 2.45. The van der Waals surface area contributed by atoms with Gasteiger partial charge in [-0.05, 0) is 30.3 Å². The van der Waals surface area contributed by atoms with Crippen molar-refractivity contribution in [1.82, 2.24) is 4.98 Å². The van der Waals surface area contributed by atoms with Crippen LogP contribution in [0.5, 0.6) is 11.5 Å². The topological polar surface area (TPSA) is 48.4 Å². The largest absolute Gasteiger partial charge is 0.497 e. The van der Waals surface area contributed by atoms with Gasteiger partial charge in [-0.1, -0.05) is 6.07 Å². The second-order valence-electron chi connectivity index (χ2n) is 3.63. The summed E-state index contributed by atoms with van der Waals surface area (Å²) in [5, 5.41) is 0. The van der Waals surface area contributed by atoms with Crippen molar-refractivity contribution in [2.24, 2.45) is 0 Å². The first-order valence-corrected chi connectivity index (χ1v) is 5.49. The molecule has 0 fully saturated rings. The Kier molecular flexibility index (Phi) is 3.91. The van der Waals surface area contributed by atoms with Crippen molar-refractivity contribution in [1.29, 1.82) is 0 Å². The van der Waals surface area contributed by atoms with Crippen LogP contribution in [0.1, 0.15) is 16.1 Å². The smallest absolute Gasteiger partial charge is 0.153 e. The summed E-state index contributed by atoms with van der Waals surface area (Å²) < 4.78 is 10.6. The van der Waals surface area contributed by atoms with Crippen LogP contribution in [-0.2, 0) is 6.61 Å². The lowest BCUT2D eigenvalue weighted by Gasteiger charge is -2.09. The lowest BCUT2D eigenvalue weighted by molar-refractivity contribution is 0.111. The summed E-state index contributed by atoms with van der Waals surface area (Å²) in [6.45, 7) is 0.327. The molecular weight excluding hydrogens is 230 g/mol. The predicted molar refractivity (Wildman–Crippen MR) is 67.0 cm³/mol. The second kappa shape index (κ2) is 5.82. The van der Waals surface area contributed by atoms with Crippen molar-refractivity contribution in [3.63, 3.8) is 0 Å². The molecule has 1 heterocycles. The molecule has 92 valence electrons. The van der Waals surface area contributed by atoms with Gasteiger partial charge in [-0.3, -0.25) is 9.78 Å². The molecule has 0 bridgehead atoms. The van der Waals surface area contributed by atoms with Gasteiger partial charge in [-0.25, -0.2) is 0 Å². The van der Waals surface area contributed by atoms with Gasteiger partial charge in [0.15, 0.2) is 6.29 Å². The summed E-state index contributed by atoms with van der Waals surface area (Å²) in [7, 11) is 1.55. The average molecular weight is 243 g/mol. The number of benzene rings is 1.